The van der Waals surface area contributed by atoms with Crippen molar-refractivity contribution in [2.75, 3.05) is 26.2 Å². The summed E-state index contributed by atoms with van der Waals surface area (Å²) in [5.74, 6) is 0. The number of benzene rings is 1. The van der Waals surface area contributed by atoms with Crippen LogP contribution in [0, 0.1) is 0 Å². The quantitative estimate of drug-likeness (QED) is 0.402. The Kier molecular flexibility index (Phi) is 9.25. The first-order chi connectivity index (χ1) is 10.3. The van der Waals surface area contributed by atoms with Crippen LogP contribution >= 0.6 is 0 Å². The summed E-state index contributed by atoms with van der Waals surface area (Å²) < 4.78 is 0. The van der Waals surface area contributed by atoms with Gasteiger partial charge in [0.1, 0.15) is 0 Å². The lowest BCUT2D eigenvalue weighted by Crippen LogP contribution is -2.29. The first-order valence-electron chi connectivity index (χ1n) is 7.83. The molecule has 3 nitrogen and oxygen atoms in total. The first kappa shape index (κ1) is 17.5. The molecule has 0 amide bonds. The summed E-state index contributed by atoms with van der Waals surface area (Å²) in [7, 11) is 0. The lowest BCUT2D eigenvalue weighted by atomic mass is 10.2. The summed E-state index contributed by atoms with van der Waals surface area (Å²) in [5, 5.41) is 0. The number of hydrogen-bond acceptors (Lipinski definition) is 3. The van der Waals surface area contributed by atoms with Gasteiger partial charge < -0.3 is 4.90 Å². The van der Waals surface area contributed by atoms with Crippen LogP contribution in [0.2, 0.25) is 0 Å². The summed E-state index contributed by atoms with van der Waals surface area (Å²) in [6.07, 6.45) is 7.23. The summed E-state index contributed by atoms with van der Waals surface area (Å²) in [4.78, 5) is 7.90. The minimum Gasteiger partial charge on any atom is -0.301 e. The van der Waals surface area contributed by atoms with E-state index in [2.05, 4.69) is 61.5 Å². The predicted molar refractivity (Wildman–Crippen MR) is 90.7 cm³/mol. The molecule has 0 aliphatic carbocycles. The second-order valence-corrected chi connectivity index (χ2v) is 4.79. The molecule has 0 fully saturated rings. The summed E-state index contributed by atoms with van der Waals surface area (Å²) in [6.45, 7) is 10.2. The van der Waals surface area contributed by atoms with E-state index in [1.165, 1.54) is 5.56 Å². The van der Waals surface area contributed by atoms with Crippen molar-refractivity contribution in [1.82, 2.24) is 10.4 Å². The molecule has 1 aromatic rings. The molecule has 0 saturated heterocycles. The van der Waals surface area contributed by atoms with Gasteiger partial charge in [0.2, 0.25) is 0 Å². The van der Waals surface area contributed by atoms with Crippen LogP contribution in [0.1, 0.15) is 32.8 Å². The molecule has 0 unspecified atom stereocenters. The van der Waals surface area contributed by atoms with Gasteiger partial charge in [0.15, 0.2) is 0 Å². The molecular weight excluding hydrogens is 260 g/mol. The highest BCUT2D eigenvalue weighted by molar-refractivity contribution is 5.52. The molecule has 1 N–H and O–H groups in total. The Bertz CT molecular complexity index is 422. The maximum absolute atomic E-state index is 5.56. The molecule has 0 spiro atoms. The maximum Gasteiger partial charge on any atom is 0.0873 e. The molecule has 21 heavy (non-hydrogen) atoms. The smallest absolute Gasteiger partial charge is 0.0873 e. The Hall–Kier alpha value is -1.58. The van der Waals surface area contributed by atoms with Gasteiger partial charge >= 0.3 is 0 Å². The second-order valence-electron chi connectivity index (χ2n) is 4.79. The Morgan fingerprint density at radius 2 is 1.86 bits per heavy atom. The fourth-order valence-electron chi connectivity index (χ4n) is 1.96. The maximum atomic E-state index is 5.56. The van der Waals surface area contributed by atoms with Crippen molar-refractivity contribution in [2.24, 2.45) is 0 Å². The van der Waals surface area contributed by atoms with E-state index in [4.69, 9.17) is 4.84 Å². The third kappa shape index (κ3) is 7.69. The predicted octanol–water partition coefficient (Wildman–Crippen LogP) is 3.86. The largest absolute Gasteiger partial charge is 0.301 e. The van der Waals surface area contributed by atoms with Gasteiger partial charge in [0.05, 0.1) is 12.3 Å². The minimum atomic E-state index is 0.682. The average molecular weight is 288 g/mol. The lowest BCUT2D eigenvalue weighted by molar-refractivity contribution is 0.0485. The zero-order chi connectivity index (χ0) is 15.3. The number of hydrogen-bond donors (Lipinski definition) is 1. The van der Waals surface area contributed by atoms with Gasteiger partial charge in [-0.25, -0.2) is 0 Å². The fourth-order valence-corrected chi connectivity index (χ4v) is 1.96. The number of likely N-dealkylation sites (N-methyl/N-ethyl adjacent to an activating group) is 1. The number of allylic oxidation sites excluding steroid dienone is 2. The van der Waals surface area contributed by atoms with Crippen LogP contribution in [0.3, 0.4) is 0 Å². The van der Waals surface area contributed by atoms with Gasteiger partial charge in [0.25, 0.3) is 0 Å². The highest BCUT2D eigenvalue weighted by Crippen LogP contribution is 2.04. The van der Waals surface area contributed by atoms with E-state index in [1.807, 2.05) is 18.2 Å². The van der Waals surface area contributed by atoms with Gasteiger partial charge in [-0.05, 0) is 31.1 Å². The Labute approximate surface area is 129 Å². The zero-order valence-electron chi connectivity index (χ0n) is 13.5. The highest BCUT2D eigenvalue weighted by atomic mass is 16.6. The normalized spacial score (nSPS) is 12.3. The highest BCUT2D eigenvalue weighted by Gasteiger charge is 1.98. The Balaban J connectivity index is 2.41. The monoisotopic (exact) mass is 288 g/mol. The molecule has 1 aromatic carbocycles. The van der Waals surface area contributed by atoms with E-state index >= 15 is 0 Å². The summed E-state index contributed by atoms with van der Waals surface area (Å²) in [5.41, 5.74) is 5.23. The second kappa shape index (κ2) is 11.1. The van der Waals surface area contributed by atoms with Crippen molar-refractivity contribution in [3.05, 3.63) is 53.7 Å². The number of rotatable bonds is 10. The minimum absolute atomic E-state index is 0.682. The van der Waals surface area contributed by atoms with E-state index in [0.29, 0.717) is 6.61 Å². The molecule has 0 aliphatic rings. The van der Waals surface area contributed by atoms with Crippen molar-refractivity contribution < 1.29 is 4.84 Å². The van der Waals surface area contributed by atoms with E-state index in [1.54, 1.807) is 0 Å². The van der Waals surface area contributed by atoms with E-state index in [-0.39, 0.29) is 0 Å². The third-order valence-electron chi connectivity index (χ3n) is 3.27. The van der Waals surface area contributed by atoms with Crippen LogP contribution < -0.4 is 5.48 Å². The molecule has 0 atom stereocenters. The topological polar surface area (TPSA) is 24.5 Å². The van der Waals surface area contributed by atoms with Crippen molar-refractivity contribution in [1.29, 1.82) is 0 Å². The Morgan fingerprint density at radius 3 is 2.48 bits per heavy atom. The standard InChI is InChI=1S/C18H28N2O/c1-4-10-18(14-13-17-11-8-7-9-12-17)19-21-16-15-20(5-2)6-3/h7-14,19H,4-6,15-16H2,1-3H3. The summed E-state index contributed by atoms with van der Waals surface area (Å²) in [6, 6.07) is 10.3. The molecule has 0 aromatic heterocycles. The number of nitrogens with one attached hydrogen (secondary N) is 1. The zero-order valence-corrected chi connectivity index (χ0v) is 13.5. The fraction of sp³-hybridized carbons (Fsp3) is 0.444. The van der Waals surface area contributed by atoms with Gasteiger partial charge in [-0.1, -0.05) is 63.3 Å². The summed E-state index contributed by atoms with van der Waals surface area (Å²) >= 11 is 0. The van der Waals surface area contributed by atoms with Gasteiger partial charge in [-0.3, -0.25) is 10.3 Å². The molecular formula is C18H28N2O. The average Bonchev–Trinajstić information content (AvgIpc) is 2.53. The third-order valence-corrected chi connectivity index (χ3v) is 3.27. The van der Waals surface area contributed by atoms with Crippen LogP contribution in [0.5, 0.6) is 0 Å². The van der Waals surface area contributed by atoms with Gasteiger partial charge in [-0.2, -0.15) is 0 Å². The SMILES string of the molecule is CCC=C(C=Cc1ccccc1)NOCCN(CC)CC. The molecule has 116 valence electrons. The van der Waals surface area contributed by atoms with Gasteiger partial charge in [-0.15, -0.1) is 0 Å². The lowest BCUT2D eigenvalue weighted by Gasteiger charge is -2.17. The molecule has 3 heteroatoms. The van der Waals surface area contributed by atoms with Crippen LogP contribution in [-0.2, 0) is 4.84 Å². The van der Waals surface area contributed by atoms with Crippen molar-refractivity contribution in [3.63, 3.8) is 0 Å². The van der Waals surface area contributed by atoms with Crippen LogP contribution in [0.4, 0.5) is 0 Å². The van der Waals surface area contributed by atoms with E-state index < -0.39 is 0 Å². The van der Waals surface area contributed by atoms with Crippen molar-refractivity contribution >= 4 is 6.08 Å². The van der Waals surface area contributed by atoms with Crippen LogP contribution in [0.25, 0.3) is 6.08 Å². The molecule has 0 saturated carbocycles. The molecule has 0 bridgehead atoms. The molecule has 0 radical (unpaired) electrons. The Morgan fingerprint density at radius 1 is 1.14 bits per heavy atom. The van der Waals surface area contributed by atoms with E-state index in [9.17, 15) is 0 Å². The number of hydroxylamine groups is 1. The van der Waals surface area contributed by atoms with Crippen molar-refractivity contribution in [3.8, 4) is 0 Å². The van der Waals surface area contributed by atoms with Crippen LogP contribution in [-0.4, -0.2) is 31.1 Å². The van der Waals surface area contributed by atoms with E-state index in [0.717, 1.165) is 31.8 Å². The van der Waals surface area contributed by atoms with Gasteiger partial charge in [0, 0.05) is 6.54 Å². The van der Waals surface area contributed by atoms with Crippen LogP contribution in [0.15, 0.2) is 48.2 Å². The molecule has 1 rings (SSSR count). The van der Waals surface area contributed by atoms with Crippen molar-refractivity contribution in [2.45, 2.75) is 27.2 Å². The first-order valence-corrected chi connectivity index (χ1v) is 7.83. The number of nitrogens with zero attached hydrogens (tertiary/aromatic N) is 1. The molecule has 0 aliphatic heterocycles. The molecule has 0 heterocycles.